The SMILES string of the molecule is CC(=O)N1CCCC(COc2ncccc2NC(=O)c2[nH]c3cc(Cl)cc4c3c2-c2c(-c3ccccc3)ncn2C4c2ccc(Cl)cc2)C1. The normalized spacial score (nSPS) is 16.8. The van der Waals surface area contributed by atoms with Crippen molar-refractivity contribution in [3.8, 4) is 28.4 Å². The van der Waals surface area contributed by atoms with E-state index in [1.165, 1.54) is 0 Å². The lowest BCUT2D eigenvalue weighted by molar-refractivity contribution is -0.130. The van der Waals surface area contributed by atoms with Crippen LogP contribution in [0.3, 0.4) is 0 Å². The number of piperidine rings is 1. The number of rotatable bonds is 7. The minimum absolute atomic E-state index is 0.0680. The predicted molar refractivity (Wildman–Crippen MR) is 191 cm³/mol. The highest BCUT2D eigenvalue weighted by molar-refractivity contribution is 6.32. The van der Waals surface area contributed by atoms with E-state index in [0.717, 1.165) is 63.9 Å². The number of likely N-dealkylation sites (tertiary alicyclic amines) is 1. The van der Waals surface area contributed by atoms with Gasteiger partial charge >= 0.3 is 0 Å². The van der Waals surface area contributed by atoms with Crippen LogP contribution in [0.4, 0.5) is 5.69 Å². The number of halogens is 2. The Bertz CT molecular complexity index is 2210. The topological polar surface area (TPSA) is 105 Å². The van der Waals surface area contributed by atoms with Crippen molar-refractivity contribution in [1.82, 2.24) is 24.4 Å². The predicted octanol–water partition coefficient (Wildman–Crippen LogP) is 8.24. The first-order chi connectivity index (χ1) is 23.9. The van der Waals surface area contributed by atoms with Crippen LogP contribution in [0.15, 0.2) is 91.4 Å². The summed E-state index contributed by atoms with van der Waals surface area (Å²) in [4.78, 5) is 41.0. The van der Waals surface area contributed by atoms with E-state index in [0.29, 0.717) is 40.5 Å². The number of benzene rings is 3. The van der Waals surface area contributed by atoms with Crippen LogP contribution in [0.2, 0.25) is 10.0 Å². The lowest BCUT2D eigenvalue weighted by Gasteiger charge is -2.31. The highest BCUT2D eigenvalue weighted by Gasteiger charge is 2.36. The van der Waals surface area contributed by atoms with Crippen molar-refractivity contribution in [3.63, 3.8) is 0 Å². The zero-order valence-electron chi connectivity index (χ0n) is 26.6. The lowest BCUT2D eigenvalue weighted by atomic mass is 9.88. The molecule has 1 saturated heterocycles. The van der Waals surface area contributed by atoms with Gasteiger partial charge in [-0.3, -0.25) is 9.59 Å². The van der Waals surface area contributed by atoms with Crippen LogP contribution in [-0.4, -0.2) is 55.9 Å². The molecule has 3 aromatic carbocycles. The number of nitrogens with one attached hydrogen (secondary N) is 2. The molecule has 2 N–H and O–H groups in total. The molecule has 2 unspecified atom stereocenters. The van der Waals surface area contributed by atoms with Crippen LogP contribution in [0.5, 0.6) is 5.88 Å². The Kier molecular flexibility index (Phi) is 8.09. The van der Waals surface area contributed by atoms with Gasteiger partial charge in [-0.1, -0.05) is 65.7 Å². The Morgan fingerprint density at radius 3 is 2.61 bits per heavy atom. The molecule has 1 fully saturated rings. The number of carbonyl (C=O) groups excluding carboxylic acids is 2. The molecule has 0 bridgehead atoms. The van der Waals surface area contributed by atoms with Gasteiger partial charge in [-0.05, 0) is 60.4 Å². The molecule has 11 heteroatoms. The van der Waals surface area contributed by atoms with Crippen molar-refractivity contribution in [3.05, 3.63) is 118 Å². The smallest absolute Gasteiger partial charge is 0.272 e. The lowest BCUT2D eigenvalue weighted by Crippen LogP contribution is -2.40. The first-order valence-corrected chi connectivity index (χ1v) is 17.0. The van der Waals surface area contributed by atoms with Gasteiger partial charge in [-0.15, -0.1) is 0 Å². The molecule has 0 saturated carbocycles. The number of pyridine rings is 1. The summed E-state index contributed by atoms with van der Waals surface area (Å²) in [5, 5.41) is 5.15. The summed E-state index contributed by atoms with van der Waals surface area (Å²) in [6, 6.07) is 24.8. The van der Waals surface area contributed by atoms with Crippen LogP contribution >= 0.6 is 23.2 Å². The third-order valence-corrected chi connectivity index (χ3v) is 9.87. The molecule has 2 aliphatic heterocycles. The molecule has 0 spiro atoms. The Morgan fingerprint density at radius 2 is 1.82 bits per heavy atom. The van der Waals surface area contributed by atoms with Crippen molar-refractivity contribution in [1.29, 1.82) is 0 Å². The number of carbonyl (C=O) groups is 2. The van der Waals surface area contributed by atoms with Crippen molar-refractivity contribution in [2.45, 2.75) is 25.8 Å². The minimum atomic E-state index is -0.358. The van der Waals surface area contributed by atoms with E-state index in [9.17, 15) is 9.59 Å². The Hall–Kier alpha value is -5.12. The summed E-state index contributed by atoms with van der Waals surface area (Å²) in [6.07, 6.45) is 5.34. The van der Waals surface area contributed by atoms with Crippen LogP contribution in [-0.2, 0) is 4.79 Å². The van der Waals surface area contributed by atoms with Crippen LogP contribution in [0, 0.1) is 5.92 Å². The summed E-state index contributed by atoms with van der Waals surface area (Å²) in [5.41, 5.74) is 6.73. The number of hydrogen-bond acceptors (Lipinski definition) is 5. The second-order valence-corrected chi connectivity index (χ2v) is 13.4. The average molecular weight is 692 g/mol. The largest absolute Gasteiger partial charge is 0.476 e. The zero-order valence-corrected chi connectivity index (χ0v) is 28.1. The van der Waals surface area contributed by atoms with Gasteiger partial charge in [0, 0.05) is 64.2 Å². The standard InChI is InChI=1S/C38H32Cl2N6O3/c1-22(47)45-16-6-7-23(19-45)20-49-38-29(10-5-15-41-38)44-37(48)34-32-31-28(17-27(40)18-30(31)43-34)35(25-11-13-26(39)14-12-25)46-21-42-33(36(32)46)24-8-3-2-4-9-24/h2-5,8-15,17-18,21,23,35,43H,6-7,16,19-20H2,1H3,(H,44,48). The second-order valence-electron chi connectivity index (χ2n) is 12.6. The number of nitrogens with zero attached hydrogens (tertiary/aromatic N) is 4. The molecule has 8 rings (SSSR count). The van der Waals surface area contributed by atoms with Gasteiger partial charge in [0.15, 0.2) is 0 Å². The molecule has 2 atom stereocenters. The number of imidazole rings is 1. The molecule has 2 amide bonds. The summed E-state index contributed by atoms with van der Waals surface area (Å²) in [6.45, 7) is 3.38. The van der Waals surface area contributed by atoms with Gasteiger partial charge in [-0.25, -0.2) is 9.97 Å². The van der Waals surface area contributed by atoms with Crippen LogP contribution in [0.25, 0.3) is 33.4 Å². The fourth-order valence-corrected chi connectivity index (χ4v) is 7.52. The third kappa shape index (κ3) is 5.72. The molecule has 5 heterocycles. The summed E-state index contributed by atoms with van der Waals surface area (Å²) in [5.74, 6) is 0.207. The fourth-order valence-electron chi connectivity index (χ4n) is 7.17. The highest BCUT2D eigenvalue weighted by Crippen LogP contribution is 2.49. The molecular formula is C38H32Cl2N6O3. The first kappa shape index (κ1) is 31.2. The van der Waals surface area contributed by atoms with E-state index >= 15 is 0 Å². The van der Waals surface area contributed by atoms with E-state index in [1.54, 1.807) is 25.3 Å². The molecule has 49 heavy (non-hydrogen) atoms. The van der Waals surface area contributed by atoms with Gasteiger partial charge in [0.2, 0.25) is 11.8 Å². The average Bonchev–Trinajstić information content (AvgIpc) is 3.72. The molecule has 9 nitrogen and oxygen atoms in total. The van der Waals surface area contributed by atoms with Gasteiger partial charge in [0.1, 0.15) is 11.4 Å². The first-order valence-electron chi connectivity index (χ1n) is 16.2. The van der Waals surface area contributed by atoms with Crippen molar-refractivity contribution >= 4 is 51.6 Å². The highest BCUT2D eigenvalue weighted by atomic mass is 35.5. The van der Waals surface area contributed by atoms with Gasteiger partial charge in [0.05, 0.1) is 30.4 Å². The molecule has 0 aliphatic carbocycles. The van der Waals surface area contributed by atoms with E-state index in [2.05, 4.69) is 19.9 Å². The number of aromatic amines is 1. The molecular weight excluding hydrogens is 659 g/mol. The van der Waals surface area contributed by atoms with Crippen LogP contribution < -0.4 is 10.1 Å². The number of aromatic nitrogens is 4. The molecule has 0 radical (unpaired) electrons. The maximum absolute atomic E-state index is 14.4. The molecule has 6 aromatic rings. The zero-order chi connectivity index (χ0) is 33.6. The molecule has 2 aliphatic rings. The van der Waals surface area contributed by atoms with Crippen LogP contribution in [0.1, 0.15) is 47.4 Å². The number of fused-ring (bicyclic) bond motifs is 2. The van der Waals surface area contributed by atoms with E-state index < -0.39 is 0 Å². The number of anilines is 1. The van der Waals surface area contributed by atoms with Crippen molar-refractivity contribution < 1.29 is 14.3 Å². The summed E-state index contributed by atoms with van der Waals surface area (Å²) in [7, 11) is 0. The second kappa shape index (κ2) is 12.7. The maximum Gasteiger partial charge on any atom is 0.272 e. The number of ether oxygens (including phenoxy) is 1. The number of amides is 2. The number of H-pyrrole nitrogens is 1. The Morgan fingerprint density at radius 1 is 1.00 bits per heavy atom. The Balaban J connectivity index is 1.21. The quantitative estimate of drug-likeness (QED) is 0.175. The van der Waals surface area contributed by atoms with Gasteiger partial charge in [0.25, 0.3) is 5.91 Å². The Labute approximate surface area is 292 Å². The van der Waals surface area contributed by atoms with E-state index in [1.807, 2.05) is 78.0 Å². The van der Waals surface area contributed by atoms with Gasteiger partial charge in [-0.2, -0.15) is 0 Å². The maximum atomic E-state index is 14.4. The van der Waals surface area contributed by atoms with E-state index in [4.69, 9.17) is 32.9 Å². The van der Waals surface area contributed by atoms with Crippen molar-refractivity contribution in [2.24, 2.45) is 5.92 Å². The molecule has 246 valence electrons. The number of hydrogen-bond donors (Lipinski definition) is 2. The van der Waals surface area contributed by atoms with Crippen molar-refractivity contribution in [2.75, 3.05) is 25.0 Å². The fraction of sp³-hybridized carbons (Fsp3) is 0.211. The minimum Gasteiger partial charge on any atom is -0.476 e. The van der Waals surface area contributed by atoms with E-state index in [-0.39, 0.29) is 23.8 Å². The molecule has 3 aromatic heterocycles. The monoisotopic (exact) mass is 690 g/mol. The third-order valence-electron chi connectivity index (χ3n) is 9.40. The van der Waals surface area contributed by atoms with Gasteiger partial charge < -0.3 is 24.5 Å². The summed E-state index contributed by atoms with van der Waals surface area (Å²) >= 11 is 13.0. The summed E-state index contributed by atoms with van der Waals surface area (Å²) < 4.78 is 8.29.